The molecular formula is C16H22N5O8P2S-3. The van der Waals surface area contributed by atoms with Crippen LogP contribution in [0.2, 0.25) is 0 Å². The molecule has 1 aliphatic heterocycles. The van der Waals surface area contributed by atoms with Crippen molar-refractivity contribution in [2.24, 2.45) is 5.92 Å². The Bertz CT molecular complexity index is 1100. The Hall–Kier alpha value is -1.05. The van der Waals surface area contributed by atoms with Gasteiger partial charge in [-0.1, -0.05) is 19.4 Å². The van der Waals surface area contributed by atoms with Gasteiger partial charge in [-0.15, -0.1) is 0 Å². The minimum absolute atomic E-state index is 0.0878. The molecular weight excluding hydrogens is 484 g/mol. The second-order valence-corrected chi connectivity index (χ2v) is 12.4. The van der Waals surface area contributed by atoms with Crippen LogP contribution in [0.25, 0.3) is 11.2 Å². The largest absolute Gasteiger partial charge is 0.811 e. The van der Waals surface area contributed by atoms with Crippen LogP contribution in [-0.4, -0.2) is 56.7 Å². The fourth-order valence-corrected chi connectivity index (χ4v) is 7.07. The van der Waals surface area contributed by atoms with Crippen molar-refractivity contribution in [3.8, 4) is 0 Å². The summed E-state index contributed by atoms with van der Waals surface area (Å²) >= 11 is 5.02. The predicted octanol–water partition coefficient (Wildman–Crippen LogP) is -0.982. The molecule has 0 radical (unpaired) electrons. The number of imidazole rings is 1. The van der Waals surface area contributed by atoms with Crippen LogP contribution in [0.15, 0.2) is 12.7 Å². The summed E-state index contributed by atoms with van der Waals surface area (Å²) in [6, 6.07) is 0. The molecule has 2 aliphatic rings. The summed E-state index contributed by atoms with van der Waals surface area (Å²) < 4.78 is 35.7. The number of nitrogens with two attached hydrogens (primary N) is 1. The van der Waals surface area contributed by atoms with Gasteiger partial charge in [0.05, 0.1) is 18.5 Å². The van der Waals surface area contributed by atoms with Gasteiger partial charge < -0.3 is 43.5 Å². The van der Waals surface area contributed by atoms with Gasteiger partial charge in [-0.2, -0.15) is 0 Å². The summed E-state index contributed by atoms with van der Waals surface area (Å²) in [5.74, 6) is -0.515. The van der Waals surface area contributed by atoms with Crippen molar-refractivity contribution in [3.05, 3.63) is 12.7 Å². The number of ether oxygens (including phenoxy) is 2. The van der Waals surface area contributed by atoms with Gasteiger partial charge in [-0.3, -0.25) is 4.57 Å². The van der Waals surface area contributed by atoms with Crippen LogP contribution in [0.5, 0.6) is 0 Å². The predicted molar refractivity (Wildman–Crippen MR) is 109 cm³/mol. The molecule has 0 bridgehead atoms. The molecule has 16 heteroatoms. The number of aromatic nitrogens is 4. The minimum atomic E-state index is -4.85. The number of anilines is 1. The van der Waals surface area contributed by atoms with E-state index in [4.69, 9.17) is 36.1 Å². The standard InChI is InChI=1S/C16H25N5O8P2S/c1-7(2)28-31(25,32)29-12-11(8-4-9(8)30(22,23)24)27-16(13(12)26-3)21-6-20-10-14(17)18-5-19-15(10)21/h5-9,11-13,16H,4H2,1-3H3,(H,25,32)(H2,17,18,19)(H2,22,23,24)/p-3/t8?,9?,11-,12?,13+,16-,31?/m1/s1. The molecule has 2 aromatic rings. The van der Waals surface area contributed by atoms with Gasteiger partial charge in [0.1, 0.15) is 30.8 Å². The molecule has 0 amide bonds. The molecule has 0 aromatic carbocycles. The second kappa shape index (κ2) is 8.62. The monoisotopic (exact) mass is 506 g/mol. The first-order chi connectivity index (χ1) is 14.9. The first kappa shape index (κ1) is 24.1. The molecule has 1 saturated carbocycles. The minimum Gasteiger partial charge on any atom is -0.811 e. The van der Waals surface area contributed by atoms with Gasteiger partial charge in [0.2, 0.25) is 0 Å². The number of hydrogen-bond acceptors (Lipinski definition) is 13. The van der Waals surface area contributed by atoms with Crippen molar-refractivity contribution >= 4 is 43.1 Å². The van der Waals surface area contributed by atoms with Crippen LogP contribution in [0.1, 0.15) is 26.5 Å². The van der Waals surface area contributed by atoms with Gasteiger partial charge >= 0.3 is 0 Å². The highest BCUT2D eigenvalue weighted by Crippen LogP contribution is 2.59. The maximum atomic E-state index is 12.8. The van der Waals surface area contributed by atoms with Crippen LogP contribution in [0.4, 0.5) is 5.82 Å². The Balaban J connectivity index is 1.70. The zero-order valence-corrected chi connectivity index (χ0v) is 19.9. The lowest BCUT2D eigenvalue weighted by atomic mass is 10.1. The van der Waals surface area contributed by atoms with Crippen LogP contribution < -0.4 is 20.4 Å². The number of nitrogens with zero attached hydrogens (tertiary/aromatic N) is 4. The van der Waals surface area contributed by atoms with Crippen molar-refractivity contribution in [2.75, 3.05) is 12.8 Å². The Morgan fingerprint density at radius 1 is 1.28 bits per heavy atom. The molecule has 13 nitrogen and oxygen atoms in total. The average molecular weight is 506 g/mol. The molecule has 32 heavy (non-hydrogen) atoms. The zero-order valence-electron chi connectivity index (χ0n) is 17.3. The molecule has 2 N–H and O–H groups in total. The van der Waals surface area contributed by atoms with Gasteiger partial charge in [0.15, 0.2) is 17.7 Å². The maximum Gasteiger partial charge on any atom is 0.167 e. The van der Waals surface area contributed by atoms with E-state index in [9.17, 15) is 19.2 Å². The molecule has 3 heterocycles. The molecule has 4 rings (SSSR count). The second-order valence-electron chi connectivity index (χ2n) is 7.95. The highest BCUT2D eigenvalue weighted by atomic mass is 32.5. The molecule has 0 spiro atoms. The van der Waals surface area contributed by atoms with E-state index in [-0.39, 0.29) is 12.2 Å². The lowest BCUT2D eigenvalue weighted by molar-refractivity contribution is -0.314. The summed E-state index contributed by atoms with van der Waals surface area (Å²) in [6.45, 7) is -0.701. The van der Waals surface area contributed by atoms with Crippen molar-refractivity contribution in [1.29, 1.82) is 0 Å². The van der Waals surface area contributed by atoms with Crippen LogP contribution in [0, 0.1) is 5.92 Å². The fraction of sp³-hybridized carbons (Fsp3) is 0.688. The zero-order chi connectivity index (χ0) is 23.4. The molecule has 7 atom stereocenters. The van der Waals surface area contributed by atoms with E-state index >= 15 is 0 Å². The molecule has 1 saturated heterocycles. The van der Waals surface area contributed by atoms with Crippen molar-refractivity contribution < 1.29 is 37.8 Å². The summed E-state index contributed by atoms with van der Waals surface area (Å²) in [4.78, 5) is 48.2. The molecule has 178 valence electrons. The number of nitrogen functional groups attached to an aromatic ring is 1. The summed E-state index contributed by atoms with van der Waals surface area (Å²) in [7, 11) is -3.46. The van der Waals surface area contributed by atoms with Crippen LogP contribution in [0.3, 0.4) is 0 Å². The van der Waals surface area contributed by atoms with E-state index in [1.807, 2.05) is 0 Å². The number of methoxy groups -OCH3 is 1. The fourth-order valence-electron chi connectivity index (χ4n) is 4.01. The Morgan fingerprint density at radius 2 is 2.00 bits per heavy atom. The van der Waals surface area contributed by atoms with Gasteiger partial charge in [0, 0.05) is 7.11 Å². The number of hydrogen-bond donors (Lipinski definition) is 1. The van der Waals surface area contributed by atoms with Gasteiger partial charge in [-0.25, -0.2) is 15.0 Å². The van der Waals surface area contributed by atoms with Gasteiger partial charge in [0.25, 0.3) is 0 Å². The topological polar surface area (TPSA) is 193 Å². The maximum absolute atomic E-state index is 12.8. The van der Waals surface area contributed by atoms with E-state index in [0.29, 0.717) is 11.2 Å². The van der Waals surface area contributed by atoms with Gasteiger partial charge in [-0.05, 0) is 31.8 Å². The molecule has 4 unspecified atom stereocenters. The van der Waals surface area contributed by atoms with Crippen molar-refractivity contribution in [1.82, 2.24) is 19.5 Å². The SMILES string of the molecule is CO[C@H]1C(OP([O-])(=S)OC(C)C)[C@@H](C2CC2P(=O)([O-])[O-])O[C@H]1n1cnc2c(N)ncnc21. The summed E-state index contributed by atoms with van der Waals surface area (Å²) in [6.07, 6.45) is -1.56. The molecule has 2 aromatic heterocycles. The normalized spacial score (nSPS) is 32.5. The van der Waals surface area contributed by atoms with Crippen LogP contribution in [-0.2, 0) is 34.9 Å². The third-order valence-electron chi connectivity index (χ3n) is 5.38. The van der Waals surface area contributed by atoms with Crippen molar-refractivity contribution in [2.45, 2.75) is 56.6 Å². The highest BCUT2D eigenvalue weighted by molar-refractivity contribution is 8.06. The van der Waals surface area contributed by atoms with E-state index in [1.54, 1.807) is 13.8 Å². The quantitative estimate of drug-likeness (QED) is 0.430. The summed E-state index contributed by atoms with van der Waals surface area (Å²) in [5.41, 5.74) is 5.40. The number of fused-ring (bicyclic) bond motifs is 1. The van der Waals surface area contributed by atoms with Crippen molar-refractivity contribution in [3.63, 3.8) is 0 Å². The Labute approximate surface area is 188 Å². The molecule has 1 aliphatic carbocycles. The van der Waals surface area contributed by atoms with E-state index in [0.717, 1.165) is 0 Å². The lowest BCUT2D eigenvalue weighted by Crippen LogP contribution is -2.38. The van der Waals surface area contributed by atoms with E-state index in [2.05, 4.69) is 15.0 Å². The van der Waals surface area contributed by atoms with E-state index in [1.165, 1.54) is 24.3 Å². The van der Waals surface area contributed by atoms with Crippen LogP contribution >= 0.6 is 14.3 Å². The third kappa shape index (κ3) is 4.62. The highest BCUT2D eigenvalue weighted by Gasteiger charge is 2.57. The Kier molecular flexibility index (Phi) is 6.49. The Morgan fingerprint density at radius 3 is 2.59 bits per heavy atom. The third-order valence-corrected chi connectivity index (χ3v) is 8.49. The smallest absolute Gasteiger partial charge is 0.167 e. The number of rotatable bonds is 8. The van der Waals surface area contributed by atoms with E-state index < -0.39 is 56.5 Å². The molecule has 2 fully saturated rings. The summed E-state index contributed by atoms with van der Waals surface area (Å²) in [5, 5.41) is 0. The lowest BCUT2D eigenvalue weighted by Gasteiger charge is -2.36. The first-order valence-corrected chi connectivity index (χ1v) is 13.9. The first-order valence-electron chi connectivity index (χ1n) is 9.73. The average Bonchev–Trinajstić information content (AvgIpc) is 3.24.